The third-order valence-electron chi connectivity index (χ3n) is 4.75. The van der Waals surface area contributed by atoms with Gasteiger partial charge in [-0.2, -0.15) is 0 Å². The first-order valence-electron chi connectivity index (χ1n) is 9.91. The van der Waals surface area contributed by atoms with E-state index in [1.807, 2.05) is 32.9 Å². The third kappa shape index (κ3) is 5.81. The number of halogens is 1. The molecule has 2 aromatic rings. The van der Waals surface area contributed by atoms with E-state index in [-0.39, 0.29) is 18.4 Å². The summed E-state index contributed by atoms with van der Waals surface area (Å²) in [4.78, 5) is 15.8. The number of fused-ring (bicyclic) bond motifs is 1. The van der Waals surface area contributed by atoms with Gasteiger partial charge in [-0.25, -0.2) is 9.18 Å². The van der Waals surface area contributed by atoms with E-state index in [9.17, 15) is 14.3 Å². The van der Waals surface area contributed by atoms with Crippen molar-refractivity contribution in [2.45, 2.75) is 32.5 Å². The highest BCUT2D eigenvalue weighted by Gasteiger charge is 2.26. The fraction of sp³-hybridized carbons (Fsp3) is 0.500. The van der Waals surface area contributed by atoms with Crippen molar-refractivity contribution >= 4 is 16.9 Å². The minimum absolute atomic E-state index is 0.00153. The maximum atomic E-state index is 14.5. The second-order valence-electron chi connectivity index (χ2n) is 8.33. The van der Waals surface area contributed by atoms with Crippen LogP contribution in [-0.2, 0) is 4.74 Å². The van der Waals surface area contributed by atoms with Gasteiger partial charge in [0, 0.05) is 38.1 Å². The second-order valence-corrected chi connectivity index (χ2v) is 8.33. The highest BCUT2D eigenvalue weighted by molar-refractivity contribution is 5.84. The third-order valence-corrected chi connectivity index (χ3v) is 4.75. The second kappa shape index (κ2) is 8.97. The van der Waals surface area contributed by atoms with Crippen molar-refractivity contribution in [2.75, 3.05) is 39.3 Å². The number of nitrogens with zero attached hydrogens (tertiary/aromatic N) is 2. The molecular formula is C22H29FN2O4. The van der Waals surface area contributed by atoms with Gasteiger partial charge >= 0.3 is 6.09 Å². The van der Waals surface area contributed by atoms with Crippen molar-refractivity contribution in [1.82, 2.24) is 9.80 Å². The number of aliphatic hydroxyl groups is 1. The van der Waals surface area contributed by atoms with Crippen LogP contribution in [-0.4, -0.2) is 72.0 Å². The lowest BCUT2D eigenvalue weighted by Gasteiger charge is -2.36. The highest BCUT2D eigenvalue weighted by Crippen LogP contribution is 2.26. The van der Waals surface area contributed by atoms with Gasteiger partial charge < -0.3 is 19.5 Å². The molecule has 0 bridgehead atoms. The lowest BCUT2D eigenvalue weighted by molar-refractivity contribution is 0.00703. The Hall–Kier alpha value is -2.38. The predicted molar refractivity (Wildman–Crippen MR) is 110 cm³/mol. The quantitative estimate of drug-likeness (QED) is 0.829. The van der Waals surface area contributed by atoms with Crippen LogP contribution in [0.3, 0.4) is 0 Å². The molecule has 1 heterocycles. The Morgan fingerprint density at radius 1 is 1.14 bits per heavy atom. The number of β-amino-alcohol motifs (C(OH)–C–C–N with tert-alkyl or cyclic N) is 1. The molecule has 0 aliphatic carbocycles. The van der Waals surface area contributed by atoms with Crippen LogP contribution < -0.4 is 4.74 Å². The Bertz CT molecular complexity index is 844. The molecule has 1 amide bonds. The molecule has 158 valence electrons. The zero-order chi connectivity index (χ0) is 21.0. The van der Waals surface area contributed by atoms with Gasteiger partial charge in [-0.1, -0.05) is 30.3 Å². The summed E-state index contributed by atoms with van der Waals surface area (Å²) in [6.07, 6.45) is -1.07. The summed E-state index contributed by atoms with van der Waals surface area (Å²) in [5, 5.41) is 11.6. The molecule has 1 unspecified atom stereocenters. The predicted octanol–water partition coefficient (Wildman–Crippen LogP) is 3.27. The van der Waals surface area contributed by atoms with Crippen molar-refractivity contribution < 1.29 is 23.8 Å². The Morgan fingerprint density at radius 3 is 2.52 bits per heavy atom. The molecule has 1 aliphatic heterocycles. The molecule has 1 N–H and O–H groups in total. The van der Waals surface area contributed by atoms with Gasteiger partial charge in [-0.3, -0.25) is 4.90 Å². The first kappa shape index (κ1) is 21.3. The zero-order valence-corrected chi connectivity index (χ0v) is 17.2. The van der Waals surface area contributed by atoms with E-state index in [1.54, 1.807) is 29.2 Å². The number of piperazine rings is 1. The molecule has 6 nitrogen and oxygen atoms in total. The smallest absolute Gasteiger partial charge is 0.410 e. The Kier molecular flexibility index (Phi) is 6.59. The van der Waals surface area contributed by atoms with Gasteiger partial charge in [0.2, 0.25) is 0 Å². The normalized spacial score (nSPS) is 16.7. The van der Waals surface area contributed by atoms with Crippen LogP contribution in [0.2, 0.25) is 0 Å². The number of hydrogen-bond donors (Lipinski definition) is 1. The summed E-state index contributed by atoms with van der Waals surface area (Å²) in [5.74, 6) is -0.279. The molecule has 0 radical (unpaired) electrons. The lowest BCUT2D eigenvalue weighted by Crippen LogP contribution is -2.51. The maximum Gasteiger partial charge on any atom is 0.410 e. The Morgan fingerprint density at radius 2 is 1.83 bits per heavy atom. The van der Waals surface area contributed by atoms with Crippen molar-refractivity contribution in [2.24, 2.45) is 0 Å². The van der Waals surface area contributed by atoms with Crippen molar-refractivity contribution in [1.29, 1.82) is 0 Å². The molecular weight excluding hydrogens is 375 g/mol. The van der Waals surface area contributed by atoms with Crippen LogP contribution in [0.4, 0.5) is 9.18 Å². The summed E-state index contributed by atoms with van der Waals surface area (Å²) >= 11 is 0. The Balaban J connectivity index is 1.46. The summed E-state index contributed by atoms with van der Waals surface area (Å²) in [5.41, 5.74) is -0.514. The zero-order valence-electron chi connectivity index (χ0n) is 17.2. The van der Waals surface area contributed by atoms with Crippen LogP contribution in [0.5, 0.6) is 5.75 Å². The molecule has 2 aromatic carbocycles. The molecule has 1 atom stereocenters. The van der Waals surface area contributed by atoms with Crippen LogP contribution in [0.15, 0.2) is 36.4 Å². The summed E-state index contributed by atoms with van der Waals surface area (Å²) in [6.45, 7) is 8.30. The van der Waals surface area contributed by atoms with E-state index in [0.29, 0.717) is 38.1 Å². The van der Waals surface area contributed by atoms with E-state index in [0.717, 1.165) is 5.39 Å². The van der Waals surface area contributed by atoms with E-state index >= 15 is 0 Å². The summed E-state index contributed by atoms with van der Waals surface area (Å²) in [6, 6.07) is 10.6. The van der Waals surface area contributed by atoms with E-state index in [4.69, 9.17) is 9.47 Å². The standard InChI is InChI=1S/C22H29FN2O4/c1-22(2,3)29-21(27)25-12-10-24(11-13-25)14-17(26)15-28-19-9-8-16-6-4-5-7-18(16)20(19)23/h4-9,17,26H,10-15H2,1-3H3. The number of hydrogen-bond acceptors (Lipinski definition) is 5. The van der Waals surface area contributed by atoms with Crippen LogP contribution in [0.1, 0.15) is 20.8 Å². The average Bonchev–Trinajstić information content (AvgIpc) is 2.67. The molecule has 7 heteroatoms. The summed E-state index contributed by atoms with van der Waals surface area (Å²) < 4.78 is 25.5. The topological polar surface area (TPSA) is 62.2 Å². The fourth-order valence-electron chi connectivity index (χ4n) is 3.30. The Labute approximate surface area is 170 Å². The van der Waals surface area contributed by atoms with Crippen molar-refractivity contribution in [3.05, 3.63) is 42.2 Å². The number of amides is 1. The highest BCUT2D eigenvalue weighted by atomic mass is 19.1. The molecule has 1 saturated heterocycles. The minimum Gasteiger partial charge on any atom is -0.488 e. The van der Waals surface area contributed by atoms with E-state index in [1.165, 1.54) is 0 Å². The molecule has 29 heavy (non-hydrogen) atoms. The summed E-state index contributed by atoms with van der Waals surface area (Å²) in [7, 11) is 0. The van der Waals surface area contributed by atoms with Crippen LogP contribution in [0, 0.1) is 5.82 Å². The number of carbonyl (C=O) groups is 1. The fourth-order valence-corrected chi connectivity index (χ4v) is 3.30. The maximum absolute atomic E-state index is 14.5. The number of ether oxygens (including phenoxy) is 2. The molecule has 0 saturated carbocycles. The average molecular weight is 404 g/mol. The molecule has 1 fully saturated rings. The van der Waals surface area contributed by atoms with E-state index in [2.05, 4.69) is 4.90 Å². The molecule has 0 spiro atoms. The van der Waals surface area contributed by atoms with Gasteiger partial charge in [0.25, 0.3) is 0 Å². The molecule has 1 aliphatic rings. The number of rotatable bonds is 5. The van der Waals surface area contributed by atoms with Gasteiger partial charge in [-0.05, 0) is 32.2 Å². The number of benzene rings is 2. The first-order valence-corrected chi connectivity index (χ1v) is 9.91. The molecule has 0 aromatic heterocycles. The van der Waals surface area contributed by atoms with Gasteiger partial charge in [0.1, 0.15) is 18.3 Å². The van der Waals surface area contributed by atoms with Gasteiger partial charge in [0.15, 0.2) is 11.6 Å². The first-order chi connectivity index (χ1) is 13.7. The number of carbonyl (C=O) groups excluding carboxylic acids is 1. The van der Waals surface area contributed by atoms with Gasteiger partial charge in [-0.15, -0.1) is 0 Å². The largest absolute Gasteiger partial charge is 0.488 e. The van der Waals surface area contributed by atoms with Crippen molar-refractivity contribution in [3.63, 3.8) is 0 Å². The number of aliphatic hydroxyl groups excluding tert-OH is 1. The van der Waals surface area contributed by atoms with Gasteiger partial charge in [0.05, 0.1) is 0 Å². The van der Waals surface area contributed by atoms with Crippen molar-refractivity contribution in [3.8, 4) is 5.75 Å². The molecule has 3 rings (SSSR count). The van der Waals surface area contributed by atoms with E-state index < -0.39 is 17.5 Å². The van der Waals surface area contributed by atoms with Crippen LogP contribution >= 0.6 is 0 Å². The van der Waals surface area contributed by atoms with Crippen LogP contribution in [0.25, 0.3) is 10.8 Å². The monoisotopic (exact) mass is 404 g/mol. The lowest BCUT2D eigenvalue weighted by atomic mass is 10.1. The SMILES string of the molecule is CC(C)(C)OC(=O)N1CCN(CC(O)COc2ccc3ccccc3c2F)CC1. The minimum atomic E-state index is -0.756.